The third-order valence-electron chi connectivity index (χ3n) is 0.977. The molecule has 0 aromatic heterocycles. The first-order chi connectivity index (χ1) is 5.83. The van der Waals surface area contributed by atoms with Crippen molar-refractivity contribution in [2.75, 3.05) is 20.3 Å². The number of aliphatic hydroxyl groups is 2. The Labute approximate surface area is 79.5 Å². The molecular formula is C9H20O4. The number of rotatable bonds is 4. The molecule has 0 aliphatic carbocycles. The van der Waals surface area contributed by atoms with Crippen LogP contribution in [0.3, 0.4) is 0 Å². The second kappa shape index (κ2) is 8.16. The van der Waals surface area contributed by atoms with Gasteiger partial charge in [0.1, 0.15) is 5.78 Å². The van der Waals surface area contributed by atoms with Gasteiger partial charge in [-0.05, 0) is 20.8 Å². The smallest absolute Gasteiger partial charge is 0.132 e. The van der Waals surface area contributed by atoms with Gasteiger partial charge >= 0.3 is 0 Å². The van der Waals surface area contributed by atoms with Gasteiger partial charge in [-0.1, -0.05) is 0 Å². The number of ketones is 1. The van der Waals surface area contributed by atoms with E-state index in [1.165, 1.54) is 6.92 Å². The molecule has 0 spiro atoms. The van der Waals surface area contributed by atoms with E-state index in [0.717, 1.165) is 0 Å². The average molecular weight is 192 g/mol. The summed E-state index contributed by atoms with van der Waals surface area (Å²) in [5.74, 6) is 0.0255. The lowest BCUT2D eigenvalue weighted by molar-refractivity contribution is -0.120. The summed E-state index contributed by atoms with van der Waals surface area (Å²) in [4.78, 5) is 10.3. The summed E-state index contributed by atoms with van der Waals surface area (Å²) in [6.45, 7) is 5.28. The fourth-order valence-corrected chi connectivity index (χ4v) is 0.701. The molecule has 0 unspecified atom stereocenters. The van der Waals surface area contributed by atoms with E-state index in [9.17, 15) is 4.79 Å². The zero-order valence-corrected chi connectivity index (χ0v) is 8.83. The summed E-state index contributed by atoms with van der Waals surface area (Å²) >= 11 is 0. The number of hydrogen-bond donors (Lipinski definition) is 2. The van der Waals surface area contributed by atoms with Gasteiger partial charge in [0, 0.05) is 13.5 Å². The molecule has 0 amide bonds. The molecule has 13 heavy (non-hydrogen) atoms. The predicted octanol–water partition coefficient (Wildman–Crippen LogP) is 0.361. The number of methoxy groups -OCH3 is 1. The Balaban J connectivity index is 0. The summed E-state index contributed by atoms with van der Waals surface area (Å²) in [5.41, 5.74) is -0.828. The van der Waals surface area contributed by atoms with E-state index in [1.807, 2.05) is 0 Å². The zero-order valence-electron chi connectivity index (χ0n) is 8.83. The molecule has 0 aliphatic rings. The first-order valence-electron chi connectivity index (χ1n) is 4.15. The first-order valence-corrected chi connectivity index (χ1v) is 4.15. The molecule has 0 fully saturated rings. The van der Waals surface area contributed by atoms with Crippen LogP contribution in [0.25, 0.3) is 0 Å². The molecule has 0 aliphatic heterocycles. The molecule has 0 heterocycles. The fourth-order valence-electron chi connectivity index (χ4n) is 0.701. The second-order valence-corrected chi connectivity index (χ2v) is 3.41. The minimum Gasteiger partial charge on any atom is -0.394 e. The van der Waals surface area contributed by atoms with Crippen LogP contribution in [0.15, 0.2) is 0 Å². The van der Waals surface area contributed by atoms with Crippen LogP contribution in [0.1, 0.15) is 27.2 Å². The van der Waals surface area contributed by atoms with Gasteiger partial charge in [-0.15, -0.1) is 0 Å². The van der Waals surface area contributed by atoms with Crippen molar-refractivity contribution >= 4 is 5.78 Å². The minimum atomic E-state index is -0.828. The lowest BCUT2D eigenvalue weighted by atomic mass is 10.0. The second-order valence-electron chi connectivity index (χ2n) is 3.41. The van der Waals surface area contributed by atoms with Crippen LogP contribution >= 0.6 is 0 Å². The maximum atomic E-state index is 10.3. The molecule has 0 aromatic rings. The van der Waals surface area contributed by atoms with Crippen LogP contribution in [0.4, 0.5) is 0 Å². The van der Waals surface area contributed by atoms with Crippen LogP contribution in [0.5, 0.6) is 0 Å². The predicted molar refractivity (Wildman–Crippen MR) is 50.6 cm³/mol. The van der Waals surface area contributed by atoms with Crippen LogP contribution in [0.2, 0.25) is 0 Å². The molecule has 0 saturated heterocycles. The number of hydrogen-bond acceptors (Lipinski definition) is 4. The molecule has 0 rings (SSSR count). The Kier molecular flexibility index (Phi) is 9.44. The highest BCUT2D eigenvalue weighted by Crippen LogP contribution is 2.06. The van der Waals surface area contributed by atoms with Gasteiger partial charge in [0.05, 0.1) is 18.8 Å². The lowest BCUT2D eigenvalue weighted by Gasteiger charge is -2.13. The molecule has 4 heteroatoms. The van der Waals surface area contributed by atoms with Crippen LogP contribution in [0, 0.1) is 0 Å². The Bertz CT molecular complexity index is 124. The Morgan fingerprint density at radius 2 is 1.92 bits per heavy atom. The molecule has 0 radical (unpaired) electrons. The maximum Gasteiger partial charge on any atom is 0.132 e. The van der Waals surface area contributed by atoms with E-state index in [0.29, 0.717) is 6.61 Å². The third-order valence-corrected chi connectivity index (χ3v) is 0.977. The number of ether oxygens (including phenoxy) is 1. The van der Waals surface area contributed by atoms with Gasteiger partial charge < -0.3 is 14.9 Å². The SMILES string of the molecule is CC(=O)CC(C)(C)O.COCCO. The number of carbonyl (C=O) groups excluding carboxylic acids is 1. The minimum absolute atomic E-state index is 0.0255. The van der Waals surface area contributed by atoms with Crippen molar-refractivity contribution in [1.82, 2.24) is 0 Å². The van der Waals surface area contributed by atoms with Crippen molar-refractivity contribution in [1.29, 1.82) is 0 Å². The highest BCUT2D eigenvalue weighted by atomic mass is 16.5. The van der Waals surface area contributed by atoms with Gasteiger partial charge in [-0.25, -0.2) is 0 Å². The van der Waals surface area contributed by atoms with E-state index in [2.05, 4.69) is 4.74 Å². The highest BCUT2D eigenvalue weighted by molar-refractivity contribution is 5.76. The summed E-state index contributed by atoms with van der Waals surface area (Å²) in [6, 6.07) is 0. The van der Waals surface area contributed by atoms with Gasteiger partial charge in [-0.3, -0.25) is 4.79 Å². The van der Waals surface area contributed by atoms with Crippen LogP contribution < -0.4 is 0 Å². The molecule has 80 valence electrons. The first kappa shape index (κ1) is 15.0. The number of carbonyl (C=O) groups is 1. The molecule has 0 aromatic carbocycles. The molecule has 2 N–H and O–H groups in total. The van der Waals surface area contributed by atoms with Crippen molar-refractivity contribution in [2.45, 2.75) is 32.8 Å². The molecule has 4 nitrogen and oxygen atoms in total. The summed E-state index contributed by atoms with van der Waals surface area (Å²) in [6.07, 6.45) is 0.243. The monoisotopic (exact) mass is 192 g/mol. The van der Waals surface area contributed by atoms with Crippen molar-refractivity contribution in [3.05, 3.63) is 0 Å². The van der Waals surface area contributed by atoms with Crippen molar-refractivity contribution < 1.29 is 19.7 Å². The summed E-state index contributed by atoms with van der Waals surface area (Å²) in [5, 5.41) is 16.9. The fraction of sp³-hybridized carbons (Fsp3) is 0.889. The average Bonchev–Trinajstić information content (AvgIpc) is 1.84. The van der Waals surface area contributed by atoms with Crippen molar-refractivity contribution in [3.63, 3.8) is 0 Å². The largest absolute Gasteiger partial charge is 0.394 e. The summed E-state index contributed by atoms with van der Waals surface area (Å²) < 4.78 is 4.44. The van der Waals surface area contributed by atoms with Crippen LogP contribution in [-0.2, 0) is 9.53 Å². The van der Waals surface area contributed by atoms with Crippen molar-refractivity contribution in [2.24, 2.45) is 0 Å². The molecular weight excluding hydrogens is 172 g/mol. The highest BCUT2D eigenvalue weighted by Gasteiger charge is 2.13. The third kappa shape index (κ3) is 24.6. The lowest BCUT2D eigenvalue weighted by Crippen LogP contribution is -2.21. The van der Waals surface area contributed by atoms with E-state index >= 15 is 0 Å². The normalized spacial score (nSPS) is 10.3. The number of Topliss-reactive ketones (excluding diaryl/α,β-unsaturated/α-hetero) is 1. The van der Waals surface area contributed by atoms with E-state index < -0.39 is 5.60 Å². The van der Waals surface area contributed by atoms with Crippen LogP contribution in [-0.4, -0.2) is 41.9 Å². The Hall–Kier alpha value is -0.450. The van der Waals surface area contributed by atoms with Gasteiger partial charge in [0.15, 0.2) is 0 Å². The summed E-state index contributed by atoms with van der Waals surface area (Å²) in [7, 11) is 1.55. The Morgan fingerprint density at radius 1 is 1.46 bits per heavy atom. The standard InChI is InChI=1S/C6H12O2.C3H8O2/c1-5(7)4-6(2,3)8;1-5-3-2-4/h8H,4H2,1-3H3;4H,2-3H2,1H3. The molecule has 0 atom stereocenters. The topological polar surface area (TPSA) is 66.8 Å². The van der Waals surface area contributed by atoms with Gasteiger partial charge in [-0.2, -0.15) is 0 Å². The number of aliphatic hydroxyl groups excluding tert-OH is 1. The van der Waals surface area contributed by atoms with E-state index in [4.69, 9.17) is 10.2 Å². The zero-order chi connectivity index (χ0) is 10.9. The molecule has 0 saturated carbocycles. The quantitative estimate of drug-likeness (QED) is 0.675. The maximum absolute atomic E-state index is 10.3. The Morgan fingerprint density at radius 3 is 1.92 bits per heavy atom. The van der Waals surface area contributed by atoms with Gasteiger partial charge in [0.2, 0.25) is 0 Å². The van der Waals surface area contributed by atoms with Gasteiger partial charge in [0.25, 0.3) is 0 Å². The van der Waals surface area contributed by atoms with E-state index in [-0.39, 0.29) is 18.8 Å². The van der Waals surface area contributed by atoms with E-state index in [1.54, 1.807) is 21.0 Å². The molecule has 0 bridgehead atoms. The van der Waals surface area contributed by atoms with Crippen molar-refractivity contribution in [3.8, 4) is 0 Å².